The summed E-state index contributed by atoms with van der Waals surface area (Å²) in [6.07, 6.45) is 11.2. The highest BCUT2D eigenvalue weighted by molar-refractivity contribution is 5.92. The van der Waals surface area contributed by atoms with Crippen molar-refractivity contribution in [1.29, 1.82) is 0 Å². The molecule has 180 valence electrons. The molecule has 32 heavy (non-hydrogen) atoms. The fourth-order valence-electron chi connectivity index (χ4n) is 11.9. The summed E-state index contributed by atoms with van der Waals surface area (Å²) in [5, 5.41) is 0. The van der Waals surface area contributed by atoms with Crippen LogP contribution in [0.3, 0.4) is 0 Å². The van der Waals surface area contributed by atoms with Gasteiger partial charge in [-0.3, -0.25) is 4.79 Å². The van der Waals surface area contributed by atoms with Crippen LogP contribution in [0.5, 0.6) is 0 Å². The maximum Gasteiger partial charge on any atom is 0.170 e. The fourth-order valence-corrected chi connectivity index (χ4v) is 11.9. The van der Waals surface area contributed by atoms with E-state index in [1.54, 1.807) is 0 Å². The van der Waals surface area contributed by atoms with Crippen molar-refractivity contribution in [1.82, 2.24) is 0 Å². The molecule has 6 aliphatic rings. The average molecular weight is 441 g/mol. The minimum atomic E-state index is -0.231. The maximum atomic E-state index is 13.2. The molecule has 0 bridgehead atoms. The molecule has 6 rings (SSSR count). The van der Waals surface area contributed by atoms with Crippen LogP contribution in [0.4, 0.5) is 0 Å². The quantitative estimate of drug-likeness (QED) is 0.400. The predicted octanol–water partition coefficient (Wildman–Crippen LogP) is 7.30. The van der Waals surface area contributed by atoms with Crippen molar-refractivity contribution in [3.8, 4) is 0 Å². The number of rotatable bonds is 1. The second-order valence-electron chi connectivity index (χ2n) is 15.2. The van der Waals surface area contributed by atoms with Crippen molar-refractivity contribution in [2.75, 3.05) is 0 Å². The van der Waals surface area contributed by atoms with E-state index in [-0.39, 0.29) is 23.0 Å². The molecule has 0 aromatic rings. The number of hydrogen-bond donors (Lipinski definition) is 0. The Morgan fingerprint density at radius 2 is 1.53 bits per heavy atom. The lowest BCUT2D eigenvalue weighted by atomic mass is 9.32. The Morgan fingerprint density at radius 1 is 0.812 bits per heavy atom. The molecule has 11 atom stereocenters. The molecule has 0 unspecified atom stereocenters. The second-order valence-corrected chi connectivity index (χ2v) is 15.2. The number of carbonyl (C=O) groups is 1. The zero-order valence-electron chi connectivity index (χ0n) is 22.1. The molecule has 5 saturated carbocycles. The molecule has 0 spiro atoms. The summed E-state index contributed by atoms with van der Waals surface area (Å²) in [6.45, 7) is 20.1. The Hall–Kier alpha value is -0.370. The van der Waals surface area contributed by atoms with Crippen LogP contribution in [-0.4, -0.2) is 18.0 Å². The van der Waals surface area contributed by atoms with Crippen molar-refractivity contribution in [3.63, 3.8) is 0 Å². The summed E-state index contributed by atoms with van der Waals surface area (Å²) in [4.78, 5) is 13.2. The van der Waals surface area contributed by atoms with E-state index in [2.05, 4.69) is 55.4 Å². The molecule has 2 nitrogen and oxygen atoms in total. The lowest BCUT2D eigenvalue weighted by molar-refractivity contribution is -0.233. The monoisotopic (exact) mass is 440 g/mol. The van der Waals surface area contributed by atoms with Gasteiger partial charge in [0.2, 0.25) is 0 Å². The average Bonchev–Trinajstić information content (AvgIpc) is 3.44. The first-order valence-corrected chi connectivity index (χ1v) is 14.0. The van der Waals surface area contributed by atoms with Crippen molar-refractivity contribution in [2.24, 2.45) is 62.6 Å². The highest BCUT2D eigenvalue weighted by Crippen LogP contribution is 2.78. The Kier molecular flexibility index (Phi) is 4.31. The minimum absolute atomic E-state index is 0.103. The van der Waals surface area contributed by atoms with E-state index in [4.69, 9.17) is 4.74 Å². The van der Waals surface area contributed by atoms with E-state index in [0.717, 1.165) is 23.7 Å². The first kappa shape index (κ1) is 22.1. The second kappa shape index (κ2) is 6.24. The molecule has 1 aliphatic heterocycles. The van der Waals surface area contributed by atoms with Crippen molar-refractivity contribution in [3.05, 3.63) is 0 Å². The standard InChI is InChI=1S/C30H48O2/c1-17(2)18-11-13-27(5)15-16-28(6)19(22(18)27)9-10-21-29(28,7)14-12-20-26(3,4)24(31)23-25(32-23)30(20,21)8/h17-23,25H,9-16H2,1-8H3/t18-,19+,20-,21-,22+,23-,25-,27+,28+,29+,30-/m0/s1. The zero-order valence-corrected chi connectivity index (χ0v) is 22.1. The third kappa shape index (κ3) is 2.31. The van der Waals surface area contributed by atoms with Crippen LogP contribution in [0.1, 0.15) is 107 Å². The fraction of sp³-hybridized carbons (Fsp3) is 0.967. The normalized spacial score (nSPS) is 60.2. The van der Waals surface area contributed by atoms with Crippen LogP contribution in [0.15, 0.2) is 0 Å². The van der Waals surface area contributed by atoms with Gasteiger partial charge in [0.15, 0.2) is 5.78 Å². The van der Waals surface area contributed by atoms with Crippen LogP contribution in [0.2, 0.25) is 0 Å². The predicted molar refractivity (Wildman–Crippen MR) is 129 cm³/mol. The van der Waals surface area contributed by atoms with Crippen LogP contribution in [0, 0.1) is 62.6 Å². The lowest BCUT2D eigenvalue weighted by Crippen LogP contribution is -2.68. The number of hydrogen-bond acceptors (Lipinski definition) is 2. The summed E-state index contributed by atoms with van der Waals surface area (Å²) < 4.78 is 6.25. The Morgan fingerprint density at radius 3 is 2.22 bits per heavy atom. The molecular formula is C30H48O2. The van der Waals surface area contributed by atoms with E-state index in [0.29, 0.717) is 33.9 Å². The smallest absolute Gasteiger partial charge is 0.170 e. The number of ether oxygens (including phenoxy) is 1. The van der Waals surface area contributed by atoms with Gasteiger partial charge in [0.1, 0.15) is 6.10 Å². The van der Waals surface area contributed by atoms with E-state index < -0.39 is 0 Å². The van der Waals surface area contributed by atoms with E-state index >= 15 is 0 Å². The molecule has 5 aliphatic carbocycles. The van der Waals surface area contributed by atoms with Gasteiger partial charge in [0, 0.05) is 10.8 Å². The van der Waals surface area contributed by atoms with Crippen LogP contribution < -0.4 is 0 Å². The van der Waals surface area contributed by atoms with Crippen molar-refractivity contribution >= 4 is 5.78 Å². The van der Waals surface area contributed by atoms with Gasteiger partial charge in [0.05, 0.1) is 6.10 Å². The van der Waals surface area contributed by atoms with E-state index in [9.17, 15) is 4.79 Å². The Bertz CT molecular complexity index is 844. The van der Waals surface area contributed by atoms with E-state index in [1.807, 2.05) is 0 Å². The molecule has 0 aromatic carbocycles. The summed E-state index contributed by atoms with van der Waals surface area (Å²) in [6, 6.07) is 0. The van der Waals surface area contributed by atoms with Crippen LogP contribution in [-0.2, 0) is 9.53 Å². The molecule has 6 fully saturated rings. The van der Waals surface area contributed by atoms with Crippen LogP contribution in [0.25, 0.3) is 0 Å². The SMILES string of the molecule is CC(C)[C@@H]1CC[C@]2(C)CC[C@]3(C)[C@H](CC[C@@H]4[C@@]5(C)[C@H]6O[C@H]6C(=O)C(C)(C)[C@@H]5CC[C@]43C)[C@@H]12. The molecule has 0 amide bonds. The molecular weight excluding hydrogens is 392 g/mol. The zero-order chi connectivity index (χ0) is 23.1. The summed E-state index contributed by atoms with van der Waals surface area (Å²) in [7, 11) is 0. The highest BCUT2D eigenvalue weighted by atomic mass is 16.6. The highest BCUT2D eigenvalue weighted by Gasteiger charge is 2.77. The Balaban J connectivity index is 1.42. The number of epoxide rings is 1. The number of ketones is 1. The first-order valence-electron chi connectivity index (χ1n) is 14.0. The number of Topliss-reactive ketones (excluding diaryl/α,β-unsaturated/α-hetero) is 1. The third-order valence-corrected chi connectivity index (χ3v) is 13.8. The van der Waals surface area contributed by atoms with Gasteiger partial charge in [0.25, 0.3) is 0 Å². The molecule has 1 heterocycles. The minimum Gasteiger partial charge on any atom is -0.361 e. The van der Waals surface area contributed by atoms with Gasteiger partial charge in [-0.25, -0.2) is 0 Å². The molecule has 0 N–H and O–H groups in total. The largest absolute Gasteiger partial charge is 0.361 e. The van der Waals surface area contributed by atoms with E-state index in [1.165, 1.54) is 51.4 Å². The topological polar surface area (TPSA) is 29.6 Å². The summed E-state index contributed by atoms with van der Waals surface area (Å²) in [5.41, 5.74) is 1.32. The maximum absolute atomic E-state index is 13.2. The third-order valence-electron chi connectivity index (χ3n) is 13.8. The lowest BCUT2D eigenvalue weighted by Gasteiger charge is -2.72. The van der Waals surface area contributed by atoms with Crippen molar-refractivity contribution in [2.45, 2.75) is 119 Å². The van der Waals surface area contributed by atoms with Gasteiger partial charge in [-0.15, -0.1) is 0 Å². The van der Waals surface area contributed by atoms with Gasteiger partial charge in [-0.2, -0.15) is 0 Å². The summed E-state index contributed by atoms with van der Waals surface area (Å²) in [5.74, 6) is 5.10. The first-order chi connectivity index (χ1) is 14.8. The van der Waals surface area contributed by atoms with Gasteiger partial charge in [-0.05, 0) is 103 Å². The number of fused-ring (bicyclic) bond motifs is 9. The molecule has 0 aromatic heterocycles. The van der Waals surface area contributed by atoms with Gasteiger partial charge < -0.3 is 4.74 Å². The van der Waals surface area contributed by atoms with Crippen LogP contribution >= 0.6 is 0 Å². The Labute approximate surface area is 197 Å². The molecule has 1 saturated heterocycles. The molecule has 0 radical (unpaired) electrons. The van der Waals surface area contributed by atoms with Gasteiger partial charge >= 0.3 is 0 Å². The summed E-state index contributed by atoms with van der Waals surface area (Å²) >= 11 is 0. The number of carbonyl (C=O) groups excluding carboxylic acids is 1. The molecule has 2 heteroatoms. The van der Waals surface area contributed by atoms with Gasteiger partial charge in [-0.1, -0.05) is 55.4 Å². The van der Waals surface area contributed by atoms with Crippen molar-refractivity contribution < 1.29 is 9.53 Å².